The minimum atomic E-state index is -4.26. The third kappa shape index (κ3) is 2.26. The zero-order chi connectivity index (χ0) is 14.5. The molecule has 3 fully saturated rings. The molecule has 3 aliphatic rings. The molecule has 2 unspecified atom stereocenters. The lowest BCUT2D eigenvalue weighted by molar-refractivity contribution is -0.158. The highest BCUT2D eigenvalue weighted by molar-refractivity contribution is 5.83. The molecule has 0 bridgehead atoms. The van der Waals surface area contributed by atoms with Crippen LogP contribution in [0.5, 0.6) is 0 Å². The minimum absolute atomic E-state index is 0.0291. The Balaban J connectivity index is 1.57. The molecule has 0 aromatic carbocycles. The van der Waals surface area contributed by atoms with E-state index in [1.54, 1.807) is 4.90 Å². The summed E-state index contributed by atoms with van der Waals surface area (Å²) in [4.78, 5) is 15.1. The molecule has 1 amide bonds. The molecule has 2 aliphatic heterocycles. The lowest BCUT2D eigenvalue weighted by atomic mass is 9.92. The smallest absolute Gasteiger partial charge is 0.340 e. The highest BCUT2D eigenvalue weighted by Crippen LogP contribution is 2.58. The first-order valence-electron chi connectivity index (χ1n) is 6.84. The van der Waals surface area contributed by atoms with Gasteiger partial charge in [-0.3, -0.25) is 9.69 Å². The zero-order valence-corrected chi connectivity index (χ0v) is 11.0. The lowest BCUT2D eigenvalue weighted by Gasteiger charge is -2.42. The molecule has 1 aliphatic carbocycles. The molecule has 110 valence electrons. The van der Waals surface area contributed by atoms with Crippen molar-refractivity contribution in [2.45, 2.75) is 31.5 Å². The standard InChI is InChI=1S/C13H16F3N3O/c14-13(15,16)8-18-3-1-2-10(18)11(20)19-6-12(7-19)4-9(12)5-17/h9-10H,1-4,6-8H2. The third-order valence-corrected chi connectivity index (χ3v) is 4.70. The Morgan fingerprint density at radius 3 is 2.65 bits per heavy atom. The predicted octanol–water partition coefficient (Wildman–Crippen LogP) is 1.39. The highest BCUT2D eigenvalue weighted by atomic mass is 19.4. The number of likely N-dealkylation sites (tertiary alicyclic amines) is 2. The molecule has 2 saturated heterocycles. The first-order chi connectivity index (χ1) is 9.35. The summed E-state index contributed by atoms with van der Waals surface area (Å²) < 4.78 is 37.4. The molecule has 4 nitrogen and oxygen atoms in total. The van der Waals surface area contributed by atoms with E-state index < -0.39 is 18.8 Å². The zero-order valence-electron chi connectivity index (χ0n) is 11.0. The molecule has 7 heteroatoms. The summed E-state index contributed by atoms with van der Waals surface area (Å²) in [7, 11) is 0. The van der Waals surface area contributed by atoms with Crippen LogP contribution in [0.15, 0.2) is 0 Å². The van der Waals surface area contributed by atoms with Crippen molar-refractivity contribution in [1.29, 1.82) is 5.26 Å². The number of amides is 1. The molecule has 0 N–H and O–H groups in total. The van der Waals surface area contributed by atoms with Crippen molar-refractivity contribution < 1.29 is 18.0 Å². The van der Waals surface area contributed by atoms with Crippen molar-refractivity contribution in [1.82, 2.24) is 9.80 Å². The van der Waals surface area contributed by atoms with Gasteiger partial charge in [0.05, 0.1) is 24.6 Å². The molecule has 0 aromatic heterocycles. The molecule has 2 heterocycles. The second-order valence-electron chi connectivity index (χ2n) is 6.19. The van der Waals surface area contributed by atoms with E-state index in [0.717, 1.165) is 6.42 Å². The average Bonchev–Trinajstić information content (AvgIpc) is 2.89. The maximum Gasteiger partial charge on any atom is 0.401 e. The molecule has 0 aromatic rings. The van der Waals surface area contributed by atoms with Crippen LogP contribution in [0.4, 0.5) is 13.2 Å². The van der Waals surface area contributed by atoms with Gasteiger partial charge >= 0.3 is 6.18 Å². The van der Waals surface area contributed by atoms with Crippen molar-refractivity contribution in [3.63, 3.8) is 0 Å². The van der Waals surface area contributed by atoms with Gasteiger partial charge in [0, 0.05) is 18.5 Å². The van der Waals surface area contributed by atoms with Crippen molar-refractivity contribution in [2.24, 2.45) is 11.3 Å². The number of alkyl halides is 3. The van der Waals surface area contributed by atoms with Crippen LogP contribution in [-0.2, 0) is 4.79 Å². The van der Waals surface area contributed by atoms with Crippen LogP contribution in [0.3, 0.4) is 0 Å². The van der Waals surface area contributed by atoms with Crippen LogP contribution in [0.2, 0.25) is 0 Å². The number of hydrogen-bond acceptors (Lipinski definition) is 3. The largest absolute Gasteiger partial charge is 0.401 e. The fraction of sp³-hybridized carbons (Fsp3) is 0.846. The molecular weight excluding hydrogens is 271 g/mol. The topological polar surface area (TPSA) is 47.3 Å². The molecule has 1 spiro atoms. The van der Waals surface area contributed by atoms with E-state index in [1.807, 2.05) is 0 Å². The first kappa shape index (κ1) is 13.7. The summed E-state index contributed by atoms with van der Waals surface area (Å²) in [6.07, 6.45) is -2.31. The summed E-state index contributed by atoms with van der Waals surface area (Å²) in [5.74, 6) is -0.164. The summed E-state index contributed by atoms with van der Waals surface area (Å²) in [5.41, 5.74) is -0.0299. The fourth-order valence-corrected chi connectivity index (χ4v) is 3.49. The van der Waals surface area contributed by atoms with Gasteiger partial charge in [-0.05, 0) is 25.8 Å². The van der Waals surface area contributed by atoms with Gasteiger partial charge in [0.1, 0.15) is 0 Å². The number of carbonyl (C=O) groups is 1. The maximum atomic E-state index is 12.5. The van der Waals surface area contributed by atoms with E-state index in [0.29, 0.717) is 32.5 Å². The first-order valence-corrected chi connectivity index (χ1v) is 6.84. The SMILES string of the molecule is N#CC1CC12CN(C(=O)C1CCCN1CC(F)(F)F)C2. The van der Waals surface area contributed by atoms with E-state index >= 15 is 0 Å². The maximum absolute atomic E-state index is 12.5. The molecule has 0 radical (unpaired) electrons. The van der Waals surface area contributed by atoms with E-state index in [1.165, 1.54) is 4.90 Å². The molecule has 1 saturated carbocycles. The van der Waals surface area contributed by atoms with Crippen LogP contribution in [0.1, 0.15) is 19.3 Å². The Hall–Kier alpha value is -1.29. The van der Waals surface area contributed by atoms with Gasteiger partial charge in [-0.1, -0.05) is 0 Å². The molecular formula is C13H16F3N3O. The Morgan fingerprint density at radius 2 is 2.10 bits per heavy atom. The summed E-state index contributed by atoms with van der Waals surface area (Å²) in [5, 5.41) is 8.83. The van der Waals surface area contributed by atoms with Gasteiger partial charge in [0.25, 0.3) is 0 Å². The van der Waals surface area contributed by atoms with Crippen molar-refractivity contribution >= 4 is 5.91 Å². The summed E-state index contributed by atoms with van der Waals surface area (Å²) in [6.45, 7) is 0.403. The van der Waals surface area contributed by atoms with Crippen molar-refractivity contribution in [3.8, 4) is 6.07 Å². The third-order valence-electron chi connectivity index (χ3n) is 4.70. The normalized spacial score (nSPS) is 32.0. The van der Waals surface area contributed by atoms with Gasteiger partial charge < -0.3 is 4.90 Å². The Bertz CT molecular complexity index is 464. The summed E-state index contributed by atoms with van der Waals surface area (Å²) >= 11 is 0. The fourth-order valence-electron chi connectivity index (χ4n) is 3.49. The van der Waals surface area contributed by atoms with Gasteiger partial charge in [-0.15, -0.1) is 0 Å². The lowest BCUT2D eigenvalue weighted by Crippen LogP contribution is -2.58. The second-order valence-corrected chi connectivity index (χ2v) is 6.19. The van der Waals surface area contributed by atoms with Crippen molar-refractivity contribution in [2.75, 3.05) is 26.2 Å². The van der Waals surface area contributed by atoms with Crippen LogP contribution in [0, 0.1) is 22.7 Å². The van der Waals surface area contributed by atoms with Crippen LogP contribution in [-0.4, -0.2) is 54.1 Å². The monoisotopic (exact) mass is 287 g/mol. The van der Waals surface area contributed by atoms with Gasteiger partial charge in [0.2, 0.25) is 5.91 Å². The number of hydrogen-bond donors (Lipinski definition) is 0. The van der Waals surface area contributed by atoms with Crippen LogP contribution >= 0.6 is 0 Å². The highest BCUT2D eigenvalue weighted by Gasteiger charge is 2.63. The van der Waals surface area contributed by atoms with Gasteiger partial charge in [-0.2, -0.15) is 18.4 Å². The number of halogens is 3. The minimum Gasteiger partial charge on any atom is -0.340 e. The number of nitriles is 1. The van der Waals surface area contributed by atoms with E-state index in [4.69, 9.17) is 5.26 Å². The molecule has 3 rings (SSSR count). The van der Waals surface area contributed by atoms with E-state index in [2.05, 4.69) is 6.07 Å². The van der Waals surface area contributed by atoms with Crippen molar-refractivity contribution in [3.05, 3.63) is 0 Å². The molecule has 2 atom stereocenters. The Morgan fingerprint density at radius 1 is 1.40 bits per heavy atom. The van der Waals surface area contributed by atoms with E-state index in [-0.39, 0.29) is 17.2 Å². The number of rotatable bonds is 2. The Labute approximate surface area is 115 Å². The van der Waals surface area contributed by atoms with Gasteiger partial charge in [0.15, 0.2) is 0 Å². The predicted molar refractivity (Wildman–Crippen MR) is 63.4 cm³/mol. The van der Waals surface area contributed by atoms with Crippen LogP contribution in [0.25, 0.3) is 0 Å². The summed E-state index contributed by atoms with van der Waals surface area (Å²) in [6, 6.07) is 1.57. The molecule has 20 heavy (non-hydrogen) atoms. The van der Waals surface area contributed by atoms with Gasteiger partial charge in [-0.25, -0.2) is 0 Å². The second kappa shape index (κ2) is 4.35. The number of nitrogens with zero attached hydrogens (tertiary/aromatic N) is 3. The quantitative estimate of drug-likeness (QED) is 0.771. The van der Waals surface area contributed by atoms with E-state index in [9.17, 15) is 18.0 Å². The van der Waals surface area contributed by atoms with Crippen LogP contribution < -0.4 is 0 Å². The number of carbonyl (C=O) groups excluding carboxylic acids is 1. The average molecular weight is 287 g/mol. The Kier molecular flexibility index (Phi) is 2.98.